The molecule has 0 aromatic heterocycles. The lowest BCUT2D eigenvalue weighted by Crippen LogP contribution is -2.24. The van der Waals surface area contributed by atoms with Crippen molar-refractivity contribution in [3.05, 3.63) is 29.6 Å². The molecule has 1 aromatic rings. The summed E-state index contributed by atoms with van der Waals surface area (Å²) in [5.41, 5.74) is 0.744. The smallest absolute Gasteiger partial charge is 0.345 e. The zero-order chi connectivity index (χ0) is 9.42. The molecule has 13 heavy (non-hydrogen) atoms. The van der Waals surface area contributed by atoms with Crippen molar-refractivity contribution in [3.63, 3.8) is 0 Å². The molecule has 1 heterocycles. The number of halogens is 1. The van der Waals surface area contributed by atoms with Gasteiger partial charge in [-0.15, -0.1) is 0 Å². The number of rotatable bonds is 1. The summed E-state index contributed by atoms with van der Waals surface area (Å²) in [5, 5.41) is 8.64. The molecule has 68 valence electrons. The Balaban J connectivity index is 2.30. The van der Waals surface area contributed by atoms with E-state index in [9.17, 15) is 9.18 Å². The Morgan fingerprint density at radius 1 is 1.62 bits per heavy atom. The molecule has 0 aliphatic carbocycles. The van der Waals surface area contributed by atoms with E-state index in [-0.39, 0.29) is 0 Å². The van der Waals surface area contributed by atoms with E-state index in [4.69, 9.17) is 9.84 Å². The molecule has 0 fully saturated rings. The molecule has 1 aliphatic heterocycles. The molecular weight excluding hydrogens is 175 g/mol. The third kappa shape index (κ3) is 1.35. The second kappa shape index (κ2) is 2.73. The summed E-state index contributed by atoms with van der Waals surface area (Å²) in [6, 6.07) is 4.05. The molecule has 1 aliphatic rings. The second-order valence-electron chi connectivity index (χ2n) is 2.90. The summed E-state index contributed by atoms with van der Waals surface area (Å²) >= 11 is 0. The molecule has 0 bridgehead atoms. The number of carboxylic acids is 1. The van der Waals surface area contributed by atoms with Crippen LogP contribution in [0.25, 0.3) is 0 Å². The summed E-state index contributed by atoms with van der Waals surface area (Å²) in [4.78, 5) is 10.5. The van der Waals surface area contributed by atoms with E-state index >= 15 is 0 Å². The Hall–Kier alpha value is -1.58. The molecule has 0 saturated heterocycles. The van der Waals surface area contributed by atoms with Crippen LogP contribution < -0.4 is 4.74 Å². The van der Waals surface area contributed by atoms with Crippen molar-refractivity contribution in [2.45, 2.75) is 12.5 Å². The fourth-order valence-corrected chi connectivity index (χ4v) is 1.34. The van der Waals surface area contributed by atoms with Crippen LogP contribution in [0.15, 0.2) is 18.2 Å². The van der Waals surface area contributed by atoms with Crippen molar-refractivity contribution >= 4 is 5.97 Å². The second-order valence-corrected chi connectivity index (χ2v) is 2.90. The monoisotopic (exact) mass is 182 g/mol. The van der Waals surface area contributed by atoms with Gasteiger partial charge in [-0.25, -0.2) is 9.18 Å². The summed E-state index contributed by atoms with van der Waals surface area (Å²) in [6.45, 7) is 0. The third-order valence-electron chi connectivity index (χ3n) is 1.98. The van der Waals surface area contributed by atoms with Crippen LogP contribution in [0.2, 0.25) is 0 Å². The molecule has 0 spiro atoms. The highest BCUT2D eigenvalue weighted by Crippen LogP contribution is 2.29. The molecule has 1 N–H and O–H groups in total. The number of aliphatic carboxylic acids is 1. The lowest BCUT2D eigenvalue weighted by atomic mass is 10.1. The SMILES string of the molecule is O=C(O)[C@@H]1Cc2ccc(F)cc2O1. The van der Waals surface area contributed by atoms with Crippen LogP contribution in [0, 0.1) is 5.82 Å². The van der Waals surface area contributed by atoms with Gasteiger partial charge in [-0.1, -0.05) is 6.07 Å². The molecular formula is C9H7FO3. The Bertz CT molecular complexity index is 362. The van der Waals surface area contributed by atoms with Gasteiger partial charge in [0.1, 0.15) is 11.6 Å². The number of carbonyl (C=O) groups is 1. The van der Waals surface area contributed by atoms with E-state index in [0.29, 0.717) is 12.2 Å². The van der Waals surface area contributed by atoms with Crippen LogP contribution in [0.1, 0.15) is 5.56 Å². The third-order valence-corrected chi connectivity index (χ3v) is 1.98. The normalized spacial score (nSPS) is 19.3. The molecule has 2 rings (SSSR count). The van der Waals surface area contributed by atoms with Gasteiger partial charge in [-0.2, -0.15) is 0 Å². The quantitative estimate of drug-likeness (QED) is 0.710. The highest BCUT2D eigenvalue weighted by Gasteiger charge is 2.28. The van der Waals surface area contributed by atoms with E-state index < -0.39 is 17.9 Å². The summed E-state index contributed by atoms with van der Waals surface area (Å²) < 4.78 is 17.7. The number of fused-ring (bicyclic) bond motifs is 1. The number of hydrogen-bond acceptors (Lipinski definition) is 2. The van der Waals surface area contributed by atoms with E-state index in [1.165, 1.54) is 12.1 Å². The molecule has 1 aromatic carbocycles. The first-order chi connectivity index (χ1) is 6.16. The van der Waals surface area contributed by atoms with Crippen LogP contribution in [0.4, 0.5) is 4.39 Å². The molecule has 0 radical (unpaired) electrons. The van der Waals surface area contributed by atoms with Gasteiger partial charge in [0.05, 0.1) is 0 Å². The zero-order valence-corrected chi connectivity index (χ0v) is 6.66. The average molecular weight is 182 g/mol. The molecule has 0 unspecified atom stereocenters. The lowest BCUT2D eigenvalue weighted by molar-refractivity contribution is -0.144. The topological polar surface area (TPSA) is 46.5 Å². The lowest BCUT2D eigenvalue weighted by Gasteiger charge is -2.03. The van der Waals surface area contributed by atoms with Crippen molar-refractivity contribution in [1.82, 2.24) is 0 Å². The first kappa shape index (κ1) is 8.04. The van der Waals surface area contributed by atoms with Crippen molar-refractivity contribution in [2.75, 3.05) is 0 Å². The fraction of sp³-hybridized carbons (Fsp3) is 0.222. The van der Waals surface area contributed by atoms with Gasteiger partial charge in [0.15, 0.2) is 6.10 Å². The van der Waals surface area contributed by atoms with Gasteiger partial charge in [-0.3, -0.25) is 0 Å². The number of benzene rings is 1. The van der Waals surface area contributed by atoms with Crippen molar-refractivity contribution in [2.24, 2.45) is 0 Å². The maximum Gasteiger partial charge on any atom is 0.345 e. The number of ether oxygens (including phenoxy) is 1. The van der Waals surface area contributed by atoms with E-state index in [2.05, 4.69) is 0 Å². The Kier molecular flexibility index (Phi) is 1.69. The summed E-state index contributed by atoms with van der Waals surface area (Å²) in [5.74, 6) is -1.09. The van der Waals surface area contributed by atoms with Gasteiger partial charge in [-0.05, 0) is 11.6 Å². The largest absolute Gasteiger partial charge is 0.478 e. The first-order valence-electron chi connectivity index (χ1n) is 3.85. The van der Waals surface area contributed by atoms with E-state index in [1.54, 1.807) is 6.07 Å². The Morgan fingerprint density at radius 2 is 2.38 bits per heavy atom. The standard InChI is InChI=1S/C9H7FO3/c10-6-2-1-5-3-8(9(11)12)13-7(5)4-6/h1-2,4,8H,3H2,(H,11,12)/t8-/m0/s1. The fourth-order valence-electron chi connectivity index (χ4n) is 1.34. The minimum absolute atomic E-state index is 0.310. The van der Waals surface area contributed by atoms with Crippen molar-refractivity contribution < 1.29 is 19.0 Å². The minimum Gasteiger partial charge on any atom is -0.478 e. The van der Waals surface area contributed by atoms with E-state index in [1.807, 2.05) is 0 Å². The highest BCUT2D eigenvalue weighted by molar-refractivity contribution is 5.74. The van der Waals surface area contributed by atoms with Crippen LogP contribution in [0.3, 0.4) is 0 Å². The van der Waals surface area contributed by atoms with Crippen LogP contribution in [-0.4, -0.2) is 17.2 Å². The first-order valence-corrected chi connectivity index (χ1v) is 3.85. The molecule has 1 atom stereocenters. The molecule has 3 nitrogen and oxygen atoms in total. The van der Waals surface area contributed by atoms with Crippen LogP contribution in [-0.2, 0) is 11.2 Å². The Labute approximate surface area is 73.8 Å². The molecule has 0 saturated carbocycles. The maximum absolute atomic E-state index is 12.7. The van der Waals surface area contributed by atoms with Gasteiger partial charge in [0, 0.05) is 12.5 Å². The maximum atomic E-state index is 12.7. The summed E-state index contributed by atoms with van der Waals surface area (Å²) in [7, 11) is 0. The average Bonchev–Trinajstić information content (AvgIpc) is 2.46. The predicted octanol–water partition coefficient (Wildman–Crippen LogP) is 1.21. The van der Waals surface area contributed by atoms with Gasteiger partial charge >= 0.3 is 5.97 Å². The van der Waals surface area contributed by atoms with Crippen LogP contribution >= 0.6 is 0 Å². The predicted molar refractivity (Wildman–Crippen MR) is 42.2 cm³/mol. The highest BCUT2D eigenvalue weighted by atomic mass is 19.1. The van der Waals surface area contributed by atoms with Gasteiger partial charge in [0.2, 0.25) is 0 Å². The van der Waals surface area contributed by atoms with Crippen molar-refractivity contribution in [3.8, 4) is 5.75 Å². The van der Waals surface area contributed by atoms with Gasteiger partial charge in [0.25, 0.3) is 0 Å². The van der Waals surface area contributed by atoms with E-state index in [0.717, 1.165) is 5.56 Å². The number of carboxylic acid groups (broad SMARTS) is 1. The molecule has 4 heteroatoms. The zero-order valence-electron chi connectivity index (χ0n) is 6.66. The summed E-state index contributed by atoms with van der Waals surface area (Å²) in [6.07, 6.45) is -0.554. The number of hydrogen-bond donors (Lipinski definition) is 1. The minimum atomic E-state index is -1.02. The van der Waals surface area contributed by atoms with Crippen molar-refractivity contribution in [1.29, 1.82) is 0 Å². The Morgan fingerprint density at radius 3 is 3.08 bits per heavy atom. The van der Waals surface area contributed by atoms with Gasteiger partial charge < -0.3 is 9.84 Å². The molecule has 0 amide bonds. The van der Waals surface area contributed by atoms with Crippen LogP contribution in [0.5, 0.6) is 5.75 Å².